The van der Waals surface area contributed by atoms with Gasteiger partial charge in [0.1, 0.15) is 15.9 Å². The van der Waals surface area contributed by atoms with Gasteiger partial charge in [-0.2, -0.15) is 0 Å². The van der Waals surface area contributed by atoms with Crippen LogP contribution in [0, 0.1) is 5.82 Å². The lowest BCUT2D eigenvalue weighted by Gasteiger charge is -2.14. The van der Waals surface area contributed by atoms with E-state index in [-0.39, 0.29) is 21.9 Å². The molecule has 0 aliphatic carbocycles. The normalized spacial score (nSPS) is 13.1. The summed E-state index contributed by atoms with van der Waals surface area (Å²) in [6.45, 7) is 1.74. The first kappa shape index (κ1) is 15.9. The average Bonchev–Trinajstić information content (AvgIpc) is 2.41. The maximum absolute atomic E-state index is 12.8. The van der Waals surface area contributed by atoms with E-state index < -0.39 is 10.0 Å². The zero-order valence-electron chi connectivity index (χ0n) is 11.3. The Kier molecular flexibility index (Phi) is 4.92. The van der Waals surface area contributed by atoms with Gasteiger partial charge in [0, 0.05) is 12.2 Å². The number of sulfonamides is 1. The molecule has 1 N–H and O–H groups in total. The smallest absolute Gasteiger partial charge is 0.242 e. The van der Waals surface area contributed by atoms with Crippen molar-refractivity contribution in [1.29, 1.82) is 0 Å². The summed E-state index contributed by atoms with van der Waals surface area (Å²) in [5.41, 5.74) is 0.848. The summed E-state index contributed by atoms with van der Waals surface area (Å²) >= 11 is 5.63. The van der Waals surface area contributed by atoms with Crippen LogP contribution in [0.5, 0.6) is 0 Å². The van der Waals surface area contributed by atoms with E-state index in [4.69, 9.17) is 11.6 Å². The van der Waals surface area contributed by atoms with Crippen LogP contribution in [0.2, 0.25) is 5.15 Å². The summed E-state index contributed by atoms with van der Waals surface area (Å²) in [4.78, 5) is 3.80. The summed E-state index contributed by atoms with van der Waals surface area (Å²) in [7, 11) is -3.65. The number of hydrogen-bond acceptors (Lipinski definition) is 3. The molecule has 112 valence electrons. The lowest BCUT2D eigenvalue weighted by Crippen LogP contribution is -2.34. The highest BCUT2D eigenvalue weighted by Gasteiger charge is 2.18. The first-order chi connectivity index (χ1) is 9.87. The average molecular weight is 329 g/mol. The Labute approximate surface area is 128 Å². The second-order valence-corrected chi connectivity index (χ2v) is 6.77. The molecule has 0 aliphatic rings. The highest BCUT2D eigenvalue weighted by Crippen LogP contribution is 2.12. The Morgan fingerprint density at radius 3 is 2.48 bits per heavy atom. The van der Waals surface area contributed by atoms with Crippen LogP contribution in [0.4, 0.5) is 4.39 Å². The highest BCUT2D eigenvalue weighted by molar-refractivity contribution is 7.89. The predicted octanol–water partition coefficient (Wildman–Crippen LogP) is 2.78. The molecular weight excluding hydrogens is 315 g/mol. The molecule has 4 nitrogen and oxygen atoms in total. The number of halogens is 2. The topological polar surface area (TPSA) is 59.1 Å². The summed E-state index contributed by atoms with van der Waals surface area (Å²) < 4.78 is 39.7. The fourth-order valence-electron chi connectivity index (χ4n) is 1.87. The fraction of sp³-hybridized carbons (Fsp3) is 0.214. The minimum atomic E-state index is -3.65. The van der Waals surface area contributed by atoms with Crippen molar-refractivity contribution in [2.75, 3.05) is 0 Å². The maximum atomic E-state index is 12.8. The Balaban J connectivity index is 2.05. The van der Waals surface area contributed by atoms with Gasteiger partial charge in [-0.05, 0) is 43.2 Å². The predicted molar refractivity (Wildman–Crippen MR) is 79.1 cm³/mol. The molecule has 0 spiro atoms. The van der Waals surface area contributed by atoms with Gasteiger partial charge in [0.2, 0.25) is 10.0 Å². The quantitative estimate of drug-likeness (QED) is 0.859. The molecule has 0 amide bonds. The van der Waals surface area contributed by atoms with Crippen LogP contribution in [0.1, 0.15) is 12.5 Å². The molecule has 0 saturated carbocycles. The Bertz CT molecular complexity index is 703. The summed E-state index contributed by atoms with van der Waals surface area (Å²) in [6.07, 6.45) is 1.66. The number of rotatable bonds is 5. The molecule has 1 unspecified atom stereocenters. The van der Waals surface area contributed by atoms with Gasteiger partial charge in [0.15, 0.2) is 0 Å². The van der Waals surface area contributed by atoms with Crippen molar-refractivity contribution >= 4 is 21.6 Å². The molecule has 0 radical (unpaired) electrons. The Morgan fingerprint density at radius 1 is 1.24 bits per heavy atom. The van der Waals surface area contributed by atoms with Crippen LogP contribution in [0.25, 0.3) is 0 Å². The minimum absolute atomic E-state index is 0.0536. The zero-order chi connectivity index (χ0) is 15.5. The molecule has 2 aromatic rings. The summed E-state index contributed by atoms with van der Waals surface area (Å²) in [5.74, 6) is -0.320. The van der Waals surface area contributed by atoms with Crippen molar-refractivity contribution in [2.45, 2.75) is 24.3 Å². The number of pyridine rings is 1. The molecule has 0 fully saturated rings. The monoisotopic (exact) mass is 328 g/mol. The van der Waals surface area contributed by atoms with Crippen LogP contribution in [0.15, 0.2) is 47.5 Å². The van der Waals surface area contributed by atoms with Gasteiger partial charge in [-0.15, -0.1) is 0 Å². The number of nitrogens with one attached hydrogen (secondary N) is 1. The minimum Gasteiger partial charge on any atom is -0.243 e. The van der Waals surface area contributed by atoms with Crippen LogP contribution < -0.4 is 4.72 Å². The molecule has 1 aromatic heterocycles. The molecule has 1 heterocycles. The van der Waals surface area contributed by atoms with Gasteiger partial charge in [0.05, 0.1) is 0 Å². The van der Waals surface area contributed by atoms with E-state index in [1.54, 1.807) is 19.1 Å². The van der Waals surface area contributed by atoms with Crippen molar-refractivity contribution in [2.24, 2.45) is 0 Å². The second-order valence-electron chi connectivity index (χ2n) is 4.67. The molecule has 1 atom stereocenters. The van der Waals surface area contributed by atoms with E-state index in [9.17, 15) is 12.8 Å². The standard InChI is InChI=1S/C14H14ClFN2O2S/c1-10(8-11-2-4-12(16)5-3-11)18-21(19,20)13-6-7-14(15)17-9-13/h2-7,9-10,18H,8H2,1H3. The molecule has 2 rings (SSSR count). The second kappa shape index (κ2) is 6.51. The maximum Gasteiger partial charge on any atom is 0.242 e. The van der Waals surface area contributed by atoms with Gasteiger partial charge in [-0.3, -0.25) is 0 Å². The van der Waals surface area contributed by atoms with Crippen molar-refractivity contribution in [3.63, 3.8) is 0 Å². The number of aromatic nitrogens is 1. The first-order valence-electron chi connectivity index (χ1n) is 6.25. The first-order valence-corrected chi connectivity index (χ1v) is 8.11. The summed E-state index contributed by atoms with van der Waals surface area (Å²) in [5, 5.41) is 0.230. The van der Waals surface area contributed by atoms with Crippen molar-refractivity contribution in [3.8, 4) is 0 Å². The molecule has 1 aromatic carbocycles. The molecule has 21 heavy (non-hydrogen) atoms. The number of nitrogens with zero attached hydrogens (tertiary/aromatic N) is 1. The van der Waals surface area contributed by atoms with E-state index in [0.717, 1.165) is 5.56 Å². The SMILES string of the molecule is CC(Cc1ccc(F)cc1)NS(=O)(=O)c1ccc(Cl)nc1. The third-order valence-electron chi connectivity index (χ3n) is 2.82. The Morgan fingerprint density at radius 2 is 1.90 bits per heavy atom. The summed E-state index contributed by atoms with van der Waals surface area (Å²) in [6, 6.07) is 8.42. The third kappa shape index (κ3) is 4.49. The van der Waals surface area contributed by atoms with E-state index in [0.29, 0.717) is 6.42 Å². The Hall–Kier alpha value is -1.50. The van der Waals surface area contributed by atoms with Crippen molar-refractivity contribution in [1.82, 2.24) is 9.71 Å². The van der Waals surface area contributed by atoms with Crippen LogP contribution in [0.3, 0.4) is 0 Å². The molecule has 0 saturated heterocycles. The van der Waals surface area contributed by atoms with E-state index >= 15 is 0 Å². The van der Waals surface area contributed by atoms with Crippen LogP contribution >= 0.6 is 11.6 Å². The van der Waals surface area contributed by atoms with Gasteiger partial charge in [-0.1, -0.05) is 23.7 Å². The van der Waals surface area contributed by atoms with Gasteiger partial charge >= 0.3 is 0 Å². The van der Waals surface area contributed by atoms with E-state index in [2.05, 4.69) is 9.71 Å². The molecule has 7 heteroatoms. The van der Waals surface area contributed by atoms with Gasteiger partial charge in [0.25, 0.3) is 0 Å². The van der Waals surface area contributed by atoms with E-state index in [1.807, 2.05) is 0 Å². The lowest BCUT2D eigenvalue weighted by molar-refractivity contribution is 0.559. The van der Waals surface area contributed by atoms with Crippen LogP contribution in [-0.4, -0.2) is 19.4 Å². The largest absolute Gasteiger partial charge is 0.243 e. The zero-order valence-corrected chi connectivity index (χ0v) is 12.8. The van der Waals surface area contributed by atoms with Crippen molar-refractivity contribution < 1.29 is 12.8 Å². The molecule has 0 aliphatic heterocycles. The number of benzene rings is 1. The molecular formula is C14H14ClFN2O2S. The third-order valence-corrected chi connectivity index (χ3v) is 4.62. The highest BCUT2D eigenvalue weighted by atomic mass is 35.5. The lowest BCUT2D eigenvalue weighted by atomic mass is 10.1. The van der Waals surface area contributed by atoms with Gasteiger partial charge < -0.3 is 0 Å². The van der Waals surface area contributed by atoms with Crippen LogP contribution in [-0.2, 0) is 16.4 Å². The fourth-order valence-corrected chi connectivity index (χ4v) is 3.17. The number of hydrogen-bond donors (Lipinski definition) is 1. The van der Waals surface area contributed by atoms with Crippen molar-refractivity contribution in [3.05, 3.63) is 59.1 Å². The van der Waals surface area contributed by atoms with Gasteiger partial charge in [-0.25, -0.2) is 22.5 Å². The molecule has 0 bridgehead atoms. The van der Waals surface area contributed by atoms with E-state index in [1.165, 1.54) is 30.5 Å².